The Morgan fingerprint density at radius 3 is 2.56 bits per heavy atom. The molecule has 2 N–H and O–H groups in total. The summed E-state index contributed by atoms with van der Waals surface area (Å²) < 4.78 is 25.6. The van der Waals surface area contributed by atoms with Gasteiger partial charge in [-0.1, -0.05) is 6.07 Å². The topological polar surface area (TPSA) is 46.3 Å². The smallest absolute Gasteiger partial charge is 0.234 e. The van der Waals surface area contributed by atoms with Crippen LogP contribution in [0.2, 0.25) is 0 Å². The molecule has 1 unspecified atom stereocenters. The number of carbonyl (C=O) groups is 1. The first kappa shape index (κ1) is 12.6. The third kappa shape index (κ3) is 3.00. The van der Waals surface area contributed by atoms with Crippen molar-refractivity contribution in [2.75, 3.05) is 7.05 Å². The molecule has 1 amide bonds. The van der Waals surface area contributed by atoms with Crippen LogP contribution in [0.3, 0.4) is 0 Å². The van der Waals surface area contributed by atoms with Gasteiger partial charge in [0.05, 0.1) is 6.04 Å². The number of primary amides is 1. The van der Waals surface area contributed by atoms with Gasteiger partial charge in [-0.2, -0.15) is 0 Å². The quantitative estimate of drug-likeness (QED) is 0.843. The Labute approximate surface area is 92.8 Å². The molecule has 0 aromatic heterocycles. The predicted octanol–water partition coefficient (Wildman–Crippen LogP) is 1.27. The molecule has 0 heterocycles. The first-order valence-corrected chi connectivity index (χ1v) is 4.85. The molecule has 5 heteroatoms. The van der Waals surface area contributed by atoms with Gasteiger partial charge in [-0.25, -0.2) is 8.78 Å². The molecule has 0 saturated heterocycles. The summed E-state index contributed by atoms with van der Waals surface area (Å²) in [6, 6.07) is 3.20. The molecule has 0 spiro atoms. The fourth-order valence-electron chi connectivity index (χ4n) is 1.28. The number of halogens is 2. The Balaban J connectivity index is 2.73. The number of nitrogens with two attached hydrogens (primary N) is 1. The summed E-state index contributed by atoms with van der Waals surface area (Å²) in [5.41, 5.74) is 5.72. The Morgan fingerprint density at radius 2 is 2.06 bits per heavy atom. The van der Waals surface area contributed by atoms with Crippen molar-refractivity contribution in [1.29, 1.82) is 0 Å². The van der Waals surface area contributed by atoms with Crippen LogP contribution in [0.4, 0.5) is 8.78 Å². The van der Waals surface area contributed by atoms with Crippen LogP contribution in [0.25, 0.3) is 0 Å². The van der Waals surface area contributed by atoms with Crippen LogP contribution in [-0.4, -0.2) is 23.9 Å². The first-order valence-electron chi connectivity index (χ1n) is 4.85. The number of nitrogens with zero attached hydrogens (tertiary/aromatic N) is 1. The van der Waals surface area contributed by atoms with Gasteiger partial charge in [0.15, 0.2) is 11.6 Å². The van der Waals surface area contributed by atoms with Gasteiger partial charge in [0.2, 0.25) is 5.91 Å². The van der Waals surface area contributed by atoms with Crippen LogP contribution in [0.15, 0.2) is 18.2 Å². The summed E-state index contributed by atoms with van der Waals surface area (Å²) in [6.07, 6.45) is 0. The van der Waals surface area contributed by atoms with Crippen molar-refractivity contribution in [1.82, 2.24) is 4.90 Å². The van der Waals surface area contributed by atoms with E-state index in [1.165, 1.54) is 6.07 Å². The van der Waals surface area contributed by atoms with Gasteiger partial charge in [0.25, 0.3) is 0 Å². The lowest BCUT2D eigenvalue weighted by Crippen LogP contribution is -2.39. The predicted molar refractivity (Wildman–Crippen MR) is 56.5 cm³/mol. The standard InChI is InChI=1S/C11H14F2N2O/c1-7(11(14)16)15(2)6-8-3-4-9(12)10(13)5-8/h3-5,7H,6H2,1-2H3,(H2,14,16). The summed E-state index contributed by atoms with van der Waals surface area (Å²) in [5, 5.41) is 0. The number of carbonyl (C=O) groups excluding carboxylic acids is 1. The lowest BCUT2D eigenvalue weighted by Gasteiger charge is -2.21. The third-order valence-electron chi connectivity index (χ3n) is 2.49. The summed E-state index contributed by atoms with van der Waals surface area (Å²) in [7, 11) is 1.69. The van der Waals surface area contributed by atoms with Crippen LogP contribution < -0.4 is 5.73 Å². The highest BCUT2D eigenvalue weighted by Gasteiger charge is 2.15. The second-order valence-electron chi connectivity index (χ2n) is 3.74. The number of amides is 1. The zero-order valence-electron chi connectivity index (χ0n) is 9.21. The van der Waals surface area contributed by atoms with E-state index < -0.39 is 23.6 Å². The second kappa shape index (κ2) is 5.03. The average Bonchev–Trinajstić information content (AvgIpc) is 2.22. The van der Waals surface area contributed by atoms with Gasteiger partial charge < -0.3 is 5.73 Å². The van der Waals surface area contributed by atoms with Gasteiger partial charge >= 0.3 is 0 Å². The molecule has 0 aliphatic carbocycles. The molecule has 1 aromatic rings. The van der Waals surface area contributed by atoms with Gasteiger partial charge in [-0.3, -0.25) is 9.69 Å². The van der Waals surface area contributed by atoms with Gasteiger partial charge in [0, 0.05) is 6.54 Å². The minimum Gasteiger partial charge on any atom is -0.368 e. The van der Waals surface area contributed by atoms with E-state index in [1.54, 1.807) is 18.9 Å². The van der Waals surface area contributed by atoms with Crippen molar-refractivity contribution >= 4 is 5.91 Å². The van der Waals surface area contributed by atoms with Crippen LogP contribution in [0.1, 0.15) is 12.5 Å². The maximum Gasteiger partial charge on any atom is 0.234 e. The fraction of sp³-hybridized carbons (Fsp3) is 0.364. The highest BCUT2D eigenvalue weighted by molar-refractivity contribution is 5.79. The van der Waals surface area contributed by atoms with Gasteiger partial charge in [0.1, 0.15) is 0 Å². The van der Waals surface area contributed by atoms with E-state index in [0.29, 0.717) is 12.1 Å². The summed E-state index contributed by atoms with van der Waals surface area (Å²) >= 11 is 0. The number of rotatable bonds is 4. The fourth-order valence-corrected chi connectivity index (χ4v) is 1.28. The van der Waals surface area contributed by atoms with Crippen molar-refractivity contribution in [2.45, 2.75) is 19.5 Å². The van der Waals surface area contributed by atoms with Crippen molar-refractivity contribution in [3.8, 4) is 0 Å². The van der Waals surface area contributed by atoms with Crippen LogP contribution in [0, 0.1) is 11.6 Å². The minimum atomic E-state index is -0.891. The third-order valence-corrected chi connectivity index (χ3v) is 2.49. The van der Waals surface area contributed by atoms with Crippen molar-refractivity contribution < 1.29 is 13.6 Å². The van der Waals surface area contributed by atoms with Crippen LogP contribution in [0.5, 0.6) is 0 Å². The SMILES string of the molecule is CC(C(N)=O)N(C)Cc1ccc(F)c(F)c1. The van der Waals surface area contributed by atoms with Crippen molar-refractivity contribution in [3.05, 3.63) is 35.4 Å². The van der Waals surface area contributed by atoms with E-state index in [2.05, 4.69) is 0 Å². The number of hydrogen-bond donors (Lipinski definition) is 1. The van der Waals surface area contributed by atoms with E-state index in [0.717, 1.165) is 12.1 Å². The maximum atomic E-state index is 12.9. The Bertz CT molecular complexity index is 396. The zero-order valence-corrected chi connectivity index (χ0v) is 9.21. The van der Waals surface area contributed by atoms with Gasteiger partial charge in [-0.15, -0.1) is 0 Å². The van der Waals surface area contributed by atoms with E-state index in [1.807, 2.05) is 0 Å². The van der Waals surface area contributed by atoms with Crippen molar-refractivity contribution in [3.63, 3.8) is 0 Å². The highest BCUT2D eigenvalue weighted by Crippen LogP contribution is 2.11. The monoisotopic (exact) mass is 228 g/mol. The Morgan fingerprint density at radius 1 is 1.44 bits per heavy atom. The number of likely N-dealkylation sites (N-methyl/N-ethyl adjacent to an activating group) is 1. The average molecular weight is 228 g/mol. The molecule has 88 valence electrons. The van der Waals surface area contributed by atoms with Gasteiger partial charge in [-0.05, 0) is 31.7 Å². The number of hydrogen-bond acceptors (Lipinski definition) is 2. The molecule has 1 atom stereocenters. The minimum absolute atomic E-state index is 0.335. The second-order valence-corrected chi connectivity index (χ2v) is 3.74. The number of benzene rings is 1. The maximum absolute atomic E-state index is 12.9. The molecule has 0 aliphatic heterocycles. The molecular weight excluding hydrogens is 214 g/mol. The first-order chi connectivity index (χ1) is 7.41. The summed E-state index contributed by atoms with van der Waals surface area (Å²) in [4.78, 5) is 12.6. The molecule has 1 rings (SSSR count). The molecule has 0 bridgehead atoms. The Kier molecular flexibility index (Phi) is 3.95. The van der Waals surface area contributed by atoms with Crippen LogP contribution in [-0.2, 0) is 11.3 Å². The van der Waals surface area contributed by atoms with Crippen molar-refractivity contribution in [2.24, 2.45) is 5.73 Å². The zero-order chi connectivity index (χ0) is 12.3. The molecule has 3 nitrogen and oxygen atoms in total. The van der Waals surface area contributed by atoms with E-state index in [-0.39, 0.29) is 0 Å². The largest absolute Gasteiger partial charge is 0.368 e. The molecule has 0 fully saturated rings. The molecule has 0 saturated carbocycles. The summed E-state index contributed by atoms with van der Waals surface area (Å²) in [6.45, 7) is 1.99. The van der Waals surface area contributed by atoms with E-state index in [9.17, 15) is 13.6 Å². The Hall–Kier alpha value is -1.49. The molecule has 0 radical (unpaired) electrons. The van der Waals surface area contributed by atoms with E-state index >= 15 is 0 Å². The lowest BCUT2D eigenvalue weighted by atomic mass is 10.2. The molecule has 16 heavy (non-hydrogen) atoms. The molecule has 1 aromatic carbocycles. The normalized spacial score (nSPS) is 12.8. The lowest BCUT2D eigenvalue weighted by molar-refractivity contribution is -0.122. The molecule has 0 aliphatic rings. The van der Waals surface area contributed by atoms with E-state index in [4.69, 9.17) is 5.73 Å². The molecular formula is C11H14F2N2O. The highest BCUT2D eigenvalue weighted by atomic mass is 19.2. The van der Waals surface area contributed by atoms with Crippen LogP contribution >= 0.6 is 0 Å². The summed E-state index contributed by atoms with van der Waals surface area (Å²) in [5.74, 6) is -2.22.